The first-order valence-electron chi connectivity index (χ1n) is 6.16. The van der Waals surface area contributed by atoms with E-state index in [0.29, 0.717) is 27.2 Å². The Morgan fingerprint density at radius 3 is 2.70 bits per heavy atom. The van der Waals surface area contributed by atoms with Crippen LogP contribution in [0.25, 0.3) is 10.9 Å². The van der Waals surface area contributed by atoms with E-state index in [1.165, 1.54) is 12.2 Å². The van der Waals surface area contributed by atoms with Gasteiger partial charge in [-0.05, 0) is 26.0 Å². The highest BCUT2D eigenvalue weighted by molar-refractivity contribution is 6.13. The average molecular weight is 269 g/mol. The maximum Gasteiger partial charge on any atom is 0.275 e. The lowest BCUT2D eigenvalue weighted by molar-refractivity contribution is -0.123. The van der Waals surface area contributed by atoms with Crippen LogP contribution in [0.1, 0.15) is 23.0 Å². The largest absolute Gasteiger partial charge is 0.275 e. The third kappa shape index (κ3) is 2.57. The number of amides is 2. The maximum absolute atomic E-state index is 12.3. The molecule has 0 bridgehead atoms. The van der Waals surface area contributed by atoms with Crippen LogP contribution in [-0.2, 0) is 4.79 Å². The van der Waals surface area contributed by atoms with Gasteiger partial charge in [0.25, 0.3) is 11.8 Å². The Labute approximate surface area is 116 Å². The van der Waals surface area contributed by atoms with Crippen molar-refractivity contribution in [3.63, 3.8) is 0 Å². The van der Waals surface area contributed by atoms with E-state index in [1.807, 2.05) is 18.2 Å². The van der Waals surface area contributed by atoms with Crippen LogP contribution < -0.4 is 5.84 Å². The fraction of sp³-hybridized carbons (Fsp3) is 0.133. The summed E-state index contributed by atoms with van der Waals surface area (Å²) in [6.45, 7) is 3.47. The lowest BCUT2D eigenvalue weighted by atomic mass is 10.1. The van der Waals surface area contributed by atoms with E-state index in [1.54, 1.807) is 26.0 Å². The molecule has 2 aromatic rings. The number of fused-ring (bicyclic) bond motifs is 1. The van der Waals surface area contributed by atoms with E-state index in [9.17, 15) is 9.59 Å². The number of nitrogens with two attached hydrogens (primary N) is 1. The van der Waals surface area contributed by atoms with Crippen LogP contribution in [-0.4, -0.2) is 21.8 Å². The number of hydrogen-bond donors (Lipinski definition) is 1. The summed E-state index contributed by atoms with van der Waals surface area (Å²) in [5.74, 6) is 4.48. The summed E-state index contributed by atoms with van der Waals surface area (Å²) < 4.78 is 0. The second-order valence-electron chi connectivity index (χ2n) is 4.34. The smallest absolute Gasteiger partial charge is 0.268 e. The van der Waals surface area contributed by atoms with Gasteiger partial charge in [0.1, 0.15) is 0 Å². The highest BCUT2D eigenvalue weighted by Gasteiger charge is 2.20. The number of benzene rings is 1. The molecule has 1 heterocycles. The Morgan fingerprint density at radius 1 is 1.30 bits per heavy atom. The Morgan fingerprint density at radius 2 is 2.00 bits per heavy atom. The Bertz CT molecular complexity index is 707. The van der Waals surface area contributed by atoms with Gasteiger partial charge in [-0.2, -0.15) is 0 Å². The minimum Gasteiger partial charge on any atom is -0.268 e. The van der Waals surface area contributed by atoms with Crippen molar-refractivity contribution in [2.24, 2.45) is 5.84 Å². The predicted molar refractivity (Wildman–Crippen MR) is 76.7 cm³/mol. The molecule has 5 nitrogen and oxygen atoms in total. The minimum atomic E-state index is -0.559. The number of nitrogens with zero attached hydrogens (tertiary/aromatic N) is 2. The monoisotopic (exact) mass is 269 g/mol. The van der Waals surface area contributed by atoms with Crippen molar-refractivity contribution in [1.29, 1.82) is 0 Å². The van der Waals surface area contributed by atoms with Crippen LogP contribution in [0, 0.1) is 6.92 Å². The van der Waals surface area contributed by atoms with Gasteiger partial charge in [0, 0.05) is 17.2 Å². The average Bonchev–Trinajstić information content (AvgIpc) is 2.45. The topological polar surface area (TPSA) is 76.3 Å². The molecule has 0 atom stereocenters. The van der Waals surface area contributed by atoms with Gasteiger partial charge in [0.05, 0.1) is 11.1 Å². The predicted octanol–water partition coefficient (Wildman–Crippen LogP) is 1.96. The quantitative estimate of drug-likeness (QED) is 0.391. The lowest BCUT2D eigenvalue weighted by Gasteiger charge is -2.14. The molecule has 0 spiro atoms. The van der Waals surface area contributed by atoms with Crippen molar-refractivity contribution < 1.29 is 9.59 Å². The molecule has 0 saturated carbocycles. The number of carbonyl (C=O) groups is 2. The van der Waals surface area contributed by atoms with Crippen molar-refractivity contribution in [2.45, 2.75) is 13.8 Å². The molecule has 0 unspecified atom stereocenters. The van der Waals surface area contributed by atoms with Gasteiger partial charge < -0.3 is 0 Å². The number of allylic oxidation sites excluding steroid dienone is 1. The molecule has 5 heteroatoms. The number of aryl methyl sites for hydroxylation is 1. The first-order chi connectivity index (χ1) is 9.54. The van der Waals surface area contributed by atoms with Crippen molar-refractivity contribution in [2.75, 3.05) is 0 Å². The molecule has 0 radical (unpaired) electrons. The third-order valence-electron chi connectivity index (χ3n) is 2.84. The number of carbonyl (C=O) groups excluding carboxylic acids is 2. The van der Waals surface area contributed by atoms with Crippen molar-refractivity contribution in [3.8, 4) is 0 Å². The fourth-order valence-electron chi connectivity index (χ4n) is 1.94. The highest BCUT2D eigenvalue weighted by atomic mass is 16.2. The first kappa shape index (κ1) is 13.9. The van der Waals surface area contributed by atoms with Gasteiger partial charge >= 0.3 is 0 Å². The summed E-state index contributed by atoms with van der Waals surface area (Å²) in [7, 11) is 0. The standard InChI is InChI=1S/C15H15N3O2/c1-3-6-14(19)18(16)15(20)12-9-10(2)17-13-8-5-4-7-11(12)13/h3-9H,16H2,1-2H3. The summed E-state index contributed by atoms with van der Waals surface area (Å²) in [6, 6.07) is 8.88. The minimum absolute atomic E-state index is 0.369. The number of pyridine rings is 1. The van der Waals surface area contributed by atoms with Crippen molar-refractivity contribution in [1.82, 2.24) is 9.99 Å². The van der Waals surface area contributed by atoms with Crippen LogP contribution >= 0.6 is 0 Å². The molecule has 1 aromatic carbocycles. The normalized spacial score (nSPS) is 10.9. The molecular formula is C15H15N3O2. The number of imide groups is 1. The Kier molecular flexibility index (Phi) is 3.91. The molecule has 2 amide bonds. The molecule has 20 heavy (non-hydrogen) atoms. The zero-order valence-corrected chi connectivity index (χ0v) is 11.3. The zero-order valence-electron chi connectivity index (χ0n) is 11.3. The van der Waals surface area contributed by atoms with E-state index in [-0.39, 0.29) is 0 Å². The molecule has 1 aromatic heterocycles. The number of para-hydroxylation sites is 1. The third-order valence-corrected chi connectivity index (χ3v) is 2.84. The molecule has 2 rings (SSSR count). The van der Waals surface area contributed by atoms with Crippen LogP contribution in [0.5, 0.6) is 0 Å². The second-order valence-corrected chi connectivity index (χ2v) is 4.34. The lowest BCUT2D eigenvalue weighted by Crippen LogP contribution is -2.41. The fourth-order valence-corrected chi connectivity index (χ4v) is 1.94. The molecule has 0 fully saturated rings. The van der Waals surface area contributed by atoms with Crippen LogP contribution in [0.2, 0.25) is 0 Å². The highest BCUT2D eigenvalue weighted by Crippen LogP contribution is 2.19. The first-order valence-corrected chi connectivity index (χ1v) is 6.16. The SMILES string of the molecule is CC=CC(=O)N(N)C(=O)c1cc(C)nc2ccccc12. The molecule has 0 saturated heterocycles. The molecule has 0 aliphatic heterocycles. The van der Waals surface area contributed by atoms with Gasteiger partial charge in [-0.3, -0.25) is 14.6 Å². The van der Waals surface area contributed by atoms with Gasteiger partial charge in [0.2, 0.25) is 0 Å². The van der Waals surface area contributed by atoms with E-state index in [2.05, 4.69) is 4.98 Å². The molecule has 0 aliphatic carbocycles. The van der Waals surface area contributed by atoms with Crippen molar-refractivity contribution >= 4 is 22.7 Å². The van der Waals surface area contributed by atoms with Gasteiger partial charge in [-0.1, -0.05) is 24.3 Å². The summed E-state index contributed by atoms with van der Waals surface area (Å²) in [4.78, 5) is 28.4. The van der Waals surface area contributed by atoms with Gasteiger partial charge in [0.15, 0.2) is 0 Å². The number of hydrazine groups is 1. The molecular weight excluding hydrogens is 254 g/mol. The number of rotatable bonds is 2. The summed E-state index contributed by atoms with van der Waals surface area (Å²) in [6.07, 6.45) is 2.78. The van der Waals surface area contributed by atoms with E-state index in [4.69, 9.17) is 5.84 Å². The second kappa shape index (κ2) is 5.63. The summed E-state index contributed by atoms with van der Waals surface area (Å²) in [5, 5.41) is 1.29. The van der Waals surface area contributed by atoms with Crippen LogP contribution in [0.4, 0.5) is 0 Å². The Balaban J connectivity index is 2.52. The maximum atomic E-state index is 12.3. The van der Waals surface area contributed by atoms with Gasteiger partial charge in [-0.25, -0.2) is 10.9 Å². The summed E-state index contributed by atoms with van der Waals surface area (Å²) >= 11 is 0. The van der Waals surface area contributed by atoms with E-state index >= 15 is 0 Å². The molecule has 2 N–H and O–H groups in total. The van der Waals surface area contributed by atoms with Gasteiger partial charge in [-0.15, -0.1) is 0 Å². The van der Waals surface area contributed by atoms with Crippen molar-refractivity contribution in [3.05, 3.63) is 53.7 Å². The van der Waals surface area contributed by atoms with E-state index in [0.717, 1.165) is 0 Å². The summed E-state index contributed by atoms with van der Waals surface area (Å²) in [5.41, 5.74) is 1.76. The van der Waals surface area contributed by atoms with E-state index < -0.39 is 11.8 Å². The van der Waals surface area contributed by atoms with Crippen LogP contribution in [0.3, 0.4) is 0 Å². The molecule has 0 aliphatic rings. The Hall–Kier alpha value is -2.53. The zero-order chi connectivity index (χ0) is 14.7. The molecule has 102 valence electrons. The number of aromatic nitrogens is 1. The number of hydrogen-bond acceptors (Lipinski definition) is 4. The van der Waals surface area contributed by atoms with Crippen LogP contribution in [0.15, 0.2) is 42.5 Å².